The molecule has 2 aromatic rings. The number of carboxylic acids is 3. The van der Waals surface area contributed by atoms with Crippen LogP contribution in [0.2, 0.25) is 0 Å². The normalized spacial score (nSPS) is 13.8. The maximum Gasteiger partial charge on any atom is 0.326 e. The molecule has 216 valence electrons. The second-order valence-electron chi connectivity index (χ2n) is 8.89. The fourth-order valence-corrected chi connectivity index (χ4v) is 3.77. The summed E-state index contributed by atoms with van der Waals surface area (Å²) >= 11 is 0. The second-order valence-corrected chi connectivity index (χ2v) is 8.89. The Hall–Kier alpha value is -4.99. The number of hydrogen-bond acceptors (Lipinski definition) is 8. The number of nitrogens with two attached hydrogens (primary N) is 2. The number of para-hydroxylation sites is 1. The van der Waals surface area contributed by atoms with Crippen LogP contribution in [-0.4, -0.2) is 86.0 Å². The number of primary amides is 1. The number of benzene rings is 1. The Bertz CT molecular complexity index is 1290. The second kappa shape index (κ2) is 14.2. The smallest absolute Gasteiger partial charge is 0.326 e. The Morgan fingerprint density at radius 3 is 2.00 bits per heavy atom. The molecule has 16 heteroatoms. The van der Waals surface area contributed by atoms with Gasteiger partial charge >= 0.3 is 17.9 Å². The summed E-state index contributed by atoms with van der Waals surface area (Å²) in [4.78, 5) is 86.6. The quantitative estimate of drug-likeness (QED) is 0.106. The predicted molar refractivity (Wildman–Crippen MR) is 136 cm³/mol. The zero-order valence-electron chi connectivity index (χ0n) is 21.1. The molecular weight excluding hydrogens is 532 g/mol. The molecule has 0 spiro atoms. The molecule has 0 saturated heterocycles. The fraction of sp³-hybridized carbons (Fsp3) is 0.375. The van der Waals surface area contributed by atoms with Crippen molar-refractivity contribution >= 4 is 52.4 Å². The van der Waals surface area contributed by atoms with Crippen LogP contribution in [0.25, 0.3) is 10.9 Å². The SMILES string of the molecule is NC(=O)CC(NC(=O)C(CCC(=O)O)NC(=O)C(N)CC(=O)O)C(=O)NC(Cc1c[nH]c2ccccc12)C(=O)O. The third kappa shape index (κ3) is 9.39. The van der Waals surface area contributed by atoms with Gasteiger partial charge in [-0.25, -0.2) is 4.79 Å². The highest BCUT2D eigenvalue weighted by molar-refractivity contribution is 5.97. The summed E-state index contributed by atoms with van der Waals surface area (Å²) < 4.78 is 0. The van der Waals surface area contributed by atoms with E-state index in [1.807, 2.05) is 0 Å². The summed E-state index contributed by atoms with van der Waals surface area (Å²) in [5.41, 5.74) is 12.0. The molecule has 2 rings (SSSR count). The van der Waals surface area contributed by atoms with Crippen LogP contribution in [-0.2, 0) is 40.0 Å². The Balaban J connectivity index is 2.20. The van der Waals surface area contributed by atoms with E-state index in [9.17, 15) is 38.7 Å². The number of carbonyl (C=O) groups is 7. The number of amides is 4. The largest absolute Gasteiger partial charge is 0.481 e. The van der Waals surface area contributed by atoms with Crippen LogP contribution < -0.4 is 27.4 Å². The number of aromatic amines is 1. The van der Waals surface area contributed by atoms with Crippen LogP contribution in [0.4, 0.5) is 0 Å². The predicted octanol–water partition coefficient (Wildman–Crippen LogP) is -2.21. The Morgan fingerprint density at radius 2 is 1.40 bits per heavy atom. The third-order valence-electron chi connectivity index (χ3n) is 5.76. The lowest BCUT2D eigenvalue weighted by molar-refractivity contribution is -0.142. The first-order valence-electron chi connectivity index (χ1n) is 11.9. The molecule has 4 atom stereocenters. The number of rotatable bonds is 16. The van der Waals surface area contributed by atoms with Crippen LogP contribution in [0, 0.1) is 0 Å². The summed E-state index contributed by atoms with van der Waals surface area (Å²) in [5, 5.41) is 34.8. The average Bonchev–Trinajstić information content (AvgIpc) is 3.27. The van der Waals surface area contributed by atoms with E-state index in [0.717, 1.165) is 10.9 Å². The van der Waals surface area contributed by atoms with Crippen LogP contribution in [0.1, 0.15) is 31.2 Å². The van der Waals surface area contributed by atoms with E-state index in [4.69, 9.17) is 21.7 Å². The topological polar surface area (TPSA) is 284 Å². The van der Waals surface area contributed by atoms with Crippen molar-refractivity contribution in [1.29, 1.82) is 0 Å². The zero-order valence-corrected chi connectivity index (χ0v) is 21.1. The van der Waals surface area contributed by atoms with Gasteiger partial charge in [-0.15, -0.1) is 0 Å². The van der Waals surface area contributed by atoms with Crippen molar-refractivity contribution in [2.24, 2.45) is 11.5 Å². The highest BCUT2D eigenvalue weighted by Crippen LogP contribution is 2.19. The lowest BCUT2D eigenvalue weighted by Crippen LogP contribution is -2.58. The van der Waals surface area contributed by atoms with Crippen molar-refractivity contribution in [3.8, 4) is 0 Å². The van der Waals surface area contributed by atoms with Gasteiger partial charge in [0.1, 0.15) is 18.1 Å². The van der Waals surface area contributed by atoms with E-state index < -0.39 is 91.4 Å². The van der Waals surface area contributed by atoms with Gasteiger partial charge in [-0.2, -0.15) is 0 Å². The summed E-state index contributed by atoms with van der Waals surface area (Å²) in [6.07, 6.45) is -1.18. The molecule has 1 aromatic carbocycles. The van der Waals surface area contributed by atoms with Crippen LogP contribution in [0.3, 0.4) is 0 Å². The van der Waals surface area contributed by atoms with Gasteiger partial charge < -0.3 is 47.7 Å². The fourth-order valence-electron chi connectivity index (χ4n) is 3.77. The minimum atomic E-state index is -1.69. The van der Waals surface area contributed by atoms with E-state index in [1.54, 1.807) is 30.5 Å². The van der Waals surface area contributed by atoms with Crippen LogP contribution in [0.15, 0.2) is 30.5 Å². The maximum absolute atomic E-state index is 13.0. The molecule has 40 heavy (non-hydrogen) atoms. The van der Waals surface area contributed by atoms with Crippen molar-refractivity contribution in [3.05, 3.63) is 36.0 Å². The molecule has 11 N–H and O–H groups in total. The van der Waals surface area contributed by atoms with E-state index in [-0.39, 0.29) is 6.42 Å². The number of nitrogens with one attached hydrogen (secondary N) is 4. The average molecular weight is 563 g/mol. The highest BCUT2D eigenvalue weighted by Gasteiger charge is 2.32. The molecule has 16 nitrogen and oxygen atoms in total. The Labute approximate surface area is 226 Å². The van der Waals surface area contributed by atoms with Crippen molar-refractivity contribution in [1.82, 2.24) is 20.9 Å². The number of carbonyl (C=O) groups excluding carboxylic acids is 4. The van der Waals surface area contributed by atoms with Crippen molar-refractivity contribution in [3.63, 3.8) is 0 Å². The molecule has 1 heterocycles. The van der Waals surface area contributed by atoms with Gasteiger partial charge in [0.05, 0.1) is 18.9 Å². The Kier molecular flexibility index (Phi) is 11.1. The lowest BCUT2D eigenvalue weighted by atomic mass is 10.0. The van der Waals surface area contributed by atoms with Gasteiger partial charge in [0, 0.05) is 29.9 Å². The number of H-pyrrole nitrogens is 1. The molecule has 4 amide bonds. The number of carboxylic acid groups (broad SMARTS) is 3. The molecule has 0 bridgehead atoms. The lowest BCUT2D eigenvalue weighted by Gasteiger charge is -2.24. The van der Waals surface area contributed by atoms with Gasteiger partial charge in [-0.05, 0) is 18.1 Å². The van der Waals surface area contributed by atoms with Gasteiger partial charge in [0.15, 0.2) is 0 Å². The van der Waals surface area contributed by atoms with Crippen LogP contribution >= 0.6 is 0 Å². The minimum absolute atomic E-state index is 0.152. The third-order valence-corrected chi connectivity index (χ3v) is 5.76. The first-order chi connectivity index (χ1) is 18.8. The number of fused-ring (bicyclic) bond motifs is 1. The maximum atomic E-state index is 13.0. The molecule has 0 radical (unpaired) electrons. The summed E-state index contributed by atoms with van der Waals surface area (Å²) in [5.74, 6) is -8.41. The van der Waals surface area contributed by atoms with E-state index in [1.165, 1.54) is 0 Å². The molecule has 0 aliphatic rings. The minimum Gasteiger partial charge on any atom is -0.481 e. The molecule has 1 aromatic heterocycles. The molecular formula is C24H30N6O10. The van der Waals surface area contributed by atoms with Crippen molar-refractivity contribution in [2.75, 3.05) is 0 Å². The van der Waals surface area contributed by atoms with Crippen molar-refractivity contribution < 1.29 is 48.9 Å². The van der Waals surface area contributed by atoms with E-state index in [2.05, 4.69) is 20.9 Å². The molecule has 4 unspecified atom stereocenters. The summed E-state index contributed by atoms with van der Waals surface area (Å²) in [6, 6.07) is 0.743. The monoisotopic (exact) mass is 562 g/mol. The molecule has 0 fully saturated rings. The van der Waals surface area contributed by atoms with E-state index in [0.29, 0.717) is 5.56 Å². The van der Waals surface area contributed by atoms with Crippen LogP contribution in [0.5, 0.6) is 0 Å². The summed E-state index contributed by atoms with van der Waals surface area (Å²) in [6.45, 7) is 0. The Morgan fingerprint density at radius 1 is 0.800 bits per heavy atom. The van der Waals surface area contributed by atoms with Gasteiger partial charge in [-0.3, -0.25) is 28.8 Å². The standard InChI is InChI=1S/C24H30N6O10/c25-13(8-20(34)35)21(36)28-15(5-6-19(32)33)22(37)29-16(9-18(26)31)23(38)30-17(24(39)40)7-11-10-27-14-4-2-1-3-12(11)14/h1-4,10,13,15-17,27H,5-9,25H2,(H2,26,31)(H,28,36)(H,29,37)(H,30,38)(H,32,33)(H,34,35)(H,39,40). The first-order valence-corrected chi connectivity index (χ1v) is 11.9. The molecule has 0 aliphatic carbocycles. The summed E-state index contributed by atoms with van der Waals surface area (Å²) in [7, 11) is 0. The first kappa shape index (κ1) is 31.2. The van der Waals surface area contributed by atoms with Gasteiger partial charge in [-0.1, -0.05) is 18.2 Å². The zero-order chi connectivity index (χ0) is 30.0. The number of hydrogen-bond donors (Lipinski definition) is 9. The number of aromatic nitrogens is 1. The molecule has 0 aliphatic heterocycles. The number of aliphatic carboxylic acids is 3. The van der Waals surface area contributed by atoms with E-state index >= 15 is 0 Å². The van der Waals surface area contributed by atoms with Crippen molar-refractivity contribution in [2.45, 2.75) is 56.3 Å². The van der Waals surface area contributed by atoms with Gasteiger partial charge in [0.2, 0.25) is 23.6 Å². The van der Waals surface area contributed by atoms with Gasteiger partial charge in [0.25, 0.3) is 0 Å². The highest BCUT2D eigenvalue weighted by atomic mass is 16.4. The molecule has 0 saturated carbocycles.